The van der Waals surface area contributed by atoms with Gasteiger partial charge in [-0.25, -0.2) is 0 Å². The highest BCUT2D eigenvalue weighted by molar-refractivity contribution is 5.44. The Morgan fingerprint density at radius 2 is 1.68 bits per heavy atom. The highest BCUT2D eigenvalue weighted by Crippen LogP contribution is 2.32. The van der Waals surface area contributed by atoms with Crippen LogP contribution in [-0.2, 0) is 5.60 Å². The molecule has 1 N–H and O–H groups in total. The number of nitriles is 1. The van der Waals surface area contributed by atoms with Crippen molar-refractivity contribution >= 4 is 0 Å². The van der Waals surface area contributed by atoms with E-state index < -0.39 is 5.60 Å². The Labute approximate surface area is 114 Å². The molecule has 0 bridgehead atoms. The minimum absolute atomic E-state index is 0.598. The Bertz CT molecular complexity index is 633. The predicted octanol–water partition coefficient (Wildman–Crippen LogP) is 3.43. The zero-order chi connectivity index (χ0) is 14.0. The summed E-state index contributed by atoms with van der Waals surface area (Å²) in [5.41, 5.74) is 3.49. The fourth-order valence-corrected chi connectivity index (χ4v) is 2.30. The summed E-state index contributed by atoms with van der Waals surface area (Å²) in [7, 11) is 0. The van der Waals surface area contributed by atoms with Crippen LogP contribution in [-0.4, -0.2) is 5.11 Å². The van der Waals surface area contributed by atoms with Crippen LogP contribution >= 0.6 is 0 Å². The molecule has 0 aliphatic heterocycles. The molecule has 0 aliphatic carbocycles. The van der Waals surface area contributed by atoms with Crippen molar-refractivity contribution in [2.45, 2.75) is 26.4 Å². The number of hydrogen-bond donors (Lipinski definition) is 1. The molecule has 0 fully saturated rings. The van der Waals surface area contributed by atoms with Crippen molar-refractivity contribution in [1.82, 2.24) is 0 Å². The molecular formula is C17H17NO. The van der Waals surface area contributed by atoms with E-state index in [-0.39, 0.29) is 0 Å². The van der Waals surface area contributed by atoms with Crippen molar-refractivity contribution in [1.29, 1.82) is 5.26 Å². The van der Waals surface area contributed by atoms with E-state index >= 15 is 0 Å². The lowest BCUT2D eigenvalue weighted by molar-refractivity contribution is 0.101. The molecule has 96 valence electrons. The van der Waals surface area contributed by atoms with Crippen molar-refractivity contribution in [3.63, 3.8) is 0 Å². The van der Waals surface area contributed by atoms with Crippen molar-refractivity contribution < 1.29 is 5.11 Å². The predicted molar refractivity (Wildman–Crippen MR) is 75.7 cm³/mol. The first-order chi connectivity index (χ1) is 8.96. The van der Waals surface area contributed by atoms with Crippen LogP contribution in [0.3, 0.4) is 0 Å². The average Bonchev–Trinajstić information content (AvgIpc) is 2.41. The van der Waals surface area contributed by atoms with Gasteiger partial charge in [0.1, 0.15) is 5.60 Å². The number of aliphatic hydroxyl groups is 1. The van der Waals surface area contributed by atoms with E-state index in [0.717, 1.165) is 22.3 Å². The molecule has 2 aromatic rings. The summed E-state index contributed by atoms with van der Waals surface area (Å²) in [4.78, 5) is 0. The molecule has 2 heteroatoms. The van der Waals surface area contributed by atoms with Gasteiger partial charge in [-0.1, -0.05) is 30.3 Å². The maximum atomic E-state index is 10.8. The van der Waals surface area contributed by atoms with Crippen LogP contribution in [0.4, 0.5) is 0 Å². The quantitative estimate of drug-likeness (QED) is 0.888. The van der Waals surface area contributed by atoms with Crippen molar-refractivity contribution in [3.8, 4) is 6.07 Å². The Balaban J connectivity index is 2.52. The monoisotopic (exact) mass is 251 g/mol. The zero-order valence-electron chi connectivity index (χ0n) is 11.4. The second-order valence-corrected chi connectivity index (χ2v) is 5.01. The van der Waals surface area contributed by atoms with Gasteiger partial charge in [0, 0.05) is 0 Å². The first-order valence-corrected chi connectivity index (χ1v) is 6.26. The fraction of sp³-hybridized carbons (Fsp3) is 0.235. The molecule has 0 aliphatic rings. The molecule has 0 saturated heterocycles. The maximum absolute atomic E-state index is 10.8. The van der Waals surface area contributed by atoms with Crippen LogP contribution in [0.2, 0.25) is 0 Å². The van der Waals surface area contributed by atoms with Gasteiger partial charge in [0.25, 0.3) is 0 Å². The van der Waals surface area contributed by atoms with Gasteiger partial charge in [-0.15, -0.1) is 0 Å². The van der Waals surface area contributed by atoms with E-state index in [9.17, 15) is 5.11 Å². The number of nitrogens with zero attached hydrogens (tertiary/aromatic N) is 1. The smallest absolute Gasteiger partial charge is 0.112 e. The molecule has 2 aromatic carbocycles. The van der Waals surface area contributed by atoms with E-state index in [1.165, 1.54) is 0 Å². The summed E-state index contributed by atoms with van der Waals surface area (Å²) in [5, 5.41) is 19.7. The summed E-state index contributed by atoms with van der Waals surface area (Å²) in [6.45, 7) is 5.84. The van der Waals surface area contributed by atoms with Crippen LogP contribution in [0, 0.1) is 25.2 Å². The van der Waals surface area contributed by atoms with Crippen LogP contribution in [0.15, 0.2) is 42.5 Å². The maximum Gasteiger partial charge on any atom is 0.112 e. The van der Waals surface area contributed by atoms with Gasteiger partial charge in [0.15, 0.2) is 0 Å². The van der Waals surface area contributed by atoms with E-state index in [1.807, 2.05) is 32.0 Å². The lowest BCUT2D eigenvalue weighted by atomic mass is 9.84. The van der Waals surface area contributed by atoms with Crippen LogP contribution in [0.5, 0.6) is 0 Å². The lowest BCUT2D eigenvalue weighted by Crippen LogP contribution is -2.24. The topological polar surface area (TPSA) is 44.0 Å². The minimum Gasteiger partial charge on any atom is -0.381 e. The number of benzene rings is 2. The molecule has 2 rings (SSSR count). The largest absolute Gasteiger partial charge is 0.381 e. The Morgan fingerprint density at radius 3 is 2.26 bits per heavy atom. The Kier molecular flexibility index (Phi) is 3.42. The lowest BCUT2D eigenvalue weighted by Gasteiger charge is -2.27. The third kappa shape index (κ3) is 2.38. The first kappa shape index (κ1) is 13.3. The molecule has 1 atom stereocenters. The summed E-state index contributed by atoms with van der Waals surface area (Å²) in [6, 6.07) is 15.1. The molecule has 19 heavy (non-hydrogen) atoms. The molecule has 0 radical (unpaired) electrons. The van der Waals surface area contributed by atoms with Crippen molar-refractivity contribution in [3.05, 3.63) is 70.3 Å². The van der Waals surface area contributed by atoms with E-state index in [4.69, 9.17) is 5.26 Å². The third-order valence-corrected chi connectivity index (χ3v) is 3.71. The van der Waals surface area contributed by atoms with Crippen molar-refractivity contribution in [2.75, 3.05) is 0 Å². The van der Waals surface area contributed by atoms with E-state index in [2.05, 4.69) is 6.07 Å². The second-order valence-electron chi connectivity index (χ2n) is 5.01. The summed E-state index contributed by atoms with van der Waals surface area (Å²) >= 11 is 0. The number of hydrogen-bond acceptors (Lipinski definition) is 2. The first-order valence-electron chi connectivity index (χ1n) is 6.26. The van der Waals surface area contributed by atoms with Gasteiger partial charge in [-0.05, 0) is 55.2 Å². The van der Waals surface area contributed by atoms with Gasteiger partial charge < -0.3 is 5.11 Å². The zero-order valence-corrected chi connectivity index (χ0v) is 11.4. The summed E-state index contributed by atoms with van der Waals surface area (Å²) in [6.07, 6.45) is 0. The molecule has 0 aromatic heterocycles. The third-order valence-electron chi connectivity index (χ3n) is 3.71. The van der Waals surface area contributed by atoms with E-state index in [0.29, 0.717) is 5.56 Å². The number of rotatable bonds is 2. The normalized spacial score (nSPS) is 13.6. The van der Waals surface area contributed by atoms with Gasteiger partial charge in [0.05, 0.1) is 11.6 Å². The number of aryl methyl sites for hydroxylation is 1. The highest BCUT2D eigenvalue weighted by atomic mass is 16.3. The van der Waals surface area contributed by atoms with Crippen LogP contribution in [0.1, 0.15) is 34.7 Å². The summed E-state index contributed by atoms with van der Waals surface area (Å²) < 4.78 is 0. The molecule has 0 spiro atoms. The van der Waals surface area contributed by atoms with Crippen molar-refractivity contribution in [2.24, 2.45) is 0 Å². The van der Waals surface area contributed by atoms with Gasteiger partial charge in [-0.2, -0.15) is 5.26 Å². The molecule has 0 amide bonds. The summed E-state index contributed by atoms with van der Waals surface area (Å²) in [5.74, 6) is 0. The minimum atomic E-state index is -1.05. The second kappa shape index (κ2) is 4.87. The average molecular weight is 251 g/mol. The highest BCUT2D eigenvalue weighted by Gasteiger charge is 2.27. The van der Waals surface area contributed by atoms with E-state index in [1.54, 1.807) is 31.2 Å². The van der Waals surface area contributed by atoms with Gasteiger partial charge in [-0.3, -0.25) is 0 Å². The standard InChI is InChI=1S/C17H17NO/c1-12-5-4-6-16(13(12)2)17(3,19)15-9-7-14(11-18)8-10-15/h4-10,19H,1-3H3. The fourth-order valence-electron chi connectivity index (χ4n) is 2.30. The molecule has 1 unspecified atom stereocenters. The van der Waals surface area contributed by atoms with Gasteiger partial charge in [0.2, 0.25) is 0 Å². The molecular weight excluding hydrogens is 234 g/mol. The van der Waals surface area contributed by atoms with Crippen LogP contribution < -0.4 is 0 Å². The molecule has 2 nitrogen and oxygen atoms in total. The SMILES string of the molecule is Cc1cccc(C(C)(O)c2ccc(C#N)cc2)c1C. The van der Waals surface area contributed by atoms with Gasteiger partial charge >= 0.3 is 0 Å². The molecule has 0 saturated carbocycles. The van der Waals surface area contributed by atoms with Crippen LogP contribution in [0.25, 0.3) is 0 Å². The molecule has 0 heterocycles. The Morgan fingerprint density at radius 1 is 1.05 bits per heavy atom. The Hall–Kier alpha value is -2.11.